The largest absolute Gasteiger partial charge is 0.521 e. The van der Waals surface area contributed by atoms with E-state index < -0.39 is 8.80 Å². The van der Waals surface area contributed by atoms with Gasteiger partial charge in [-0.25, -0.2) is 0 Å². The van der Waals surface area contributed by atoms with Gasteiger partial charge in [0.25, 0.3) is 8.80 Å². The van der Waals surface area contributed by atoms with E-state index >= 15 is 0 Å². The minimum Gasteiger partial charge on any atom is -0.521 e. The lowest BCUT2D eigenvalue weighted by molar-refractivity contribution is 0.0759. The maximum Gasteiger partial charge on any atom is 0.281 e. The lowest BCUT2D eigenvalue weighted by Crippen LogP contribution is -2.47. The number of unbranched alkanes of at least 4 members (excludes halogenated alkanes) is 1. The Kier molecular flexibility index (Phi) is 14.1. The molecule has 0 aromatic rings. The van der Waals surface area contributed by atoms with Gasteiger partial charge in [0.15, 0.2) is 0 Å². The Bertz CT molecular complexity index is 879. The van der Waals surface area contributed by atoms with Crippen molar-refractivity contribution < 1.29 is 13.3 Å². The monoisotopic (exact) mass is 581 g/mol. The summed E-state index contributed by atoms with van der Waals surface area (Å²) in [6, 6.07) is 0.867. The zero-order valence-electron chi connectivity index (χ0n) is 27.1. The SMILES string of the molecule is C=C(C)C1CC=C(CO[Si-](CCCCN(C)C)(OCC2=CCC(C(=C)C)CC2)OCC2=CCC(C(=C)C)CC2)CC1. The van der Waals surface area contributed by atoms with E-state index in [9.17, 15) is 0 Å². The molecule has 5 heteroatoms. The van der Waals surface area contributed by atoms with Crippen molar-refractivity contribution in [2.45, 2.75) is 97.4 Å². The van der Waals surface area contributed by atoms with E-state index in [-0.39, 0.29) is 0 Å². The molecule has 0 amide bonds. The van der Waals surface area contributed by atoms with Crippen LogP contribution in [-0.2, 0) is 13.3 Å². The van der Waals surface area contributed by atoms with Crippen molar-refractivity contribution in [3.8, 4) is 0 Å². The van der Waals surface area contributed by atoms with Crippen molar-refractivity contribution in [1.29, 1.82) is 0 Å². The molecule has 0 N–H and O–H groups in total. The van der Waals surface area contributed by atoms with Crippen molar-refractivity contribution in [3.05, 3.63) is 71.4 Å². The highest BCUT2D eigenvalue weighted by atomic mass is 28.4. The van der Waals surface area contributed by atoms with Crippen LogP contribution < -0.4 is 0 Å². The van der Waals surface area contributed by atoms with E-state index in [2.05, 4.69) is 77.7 Å². The summed E-state index contributed by atoms with van der Waals surface area (Å²) in [5.41, 5.74) is 8.05. The van der Waals surface area contributed by atoms with Crippen molar-refractivity contribution in [2.75, 3.05) is 40.5 Å². The van der Waals surface area contributed by atoms with Gasteiger partial charge < -0.3 is 18.2 Å². The fraction of sp³-hybridized carbons (Fsp3) is 0.667. The van der Waals surface area contributed by atoms with Crippen LogP contribution in [0.25, 0.3) is 0 Å². The van der Waals surface area contributed by atoms with Gasteiger partial charge in [0.2, 0.25) is 0 Å². The van der Waals surface area contributed by atoms with Gasteiger partial charge in [-0.15, -0.1) is 0 Å². The summed E-state index contributed by atoms with van der Waals surface area (Å²) < 4.78 is 20.6. The molecule has 231 valence electrons. The van der Waals surface area contributed by atoms with E-state index in [4.69, 9.17) is 13.3 Å². The van der Waals surface area contributed by atoms with Crippen LogP contribution >= 0.6 is 0 Å². The van der Waals surface area contributed by atoms with Gasteiger partial charge in [0, 0.05) is 19.8 Å². The molecule has 3 aliphatic carbocycles. The van der Waals surface area contributed by atoms with Gasteiger partial charge in [-0.3, -0.25) is 0 Å². The zero-order valence-corrected chi connectivity index (χ0v) is 28.1. The van der Waals surface area contributed by atoms with Crippen LogP contribution in [0.4, 0.5) is 0 Å². The van der Waals surface area contributed by atoms with E-state index in [0.717, 1.165) is 83.2 Å². The number of rotatable bonds is 17. The quantitative estimate of drug-likeness (QED) is 0.0973. The molecule has 0 aromatic heterocycles. The van der Waals surface area contributed by atoms with Crippen molar-refractivity contribution in [2.24, 2.45) is 17.8 Å². The Morgan fingerprint density at radius 3 is 1.32 bits per heavy atom. The molecule has 0 saturated carbocycles. The van der Waals surface area contributed by atoms with E-state index in [0.29, 0.717) is 37.6 Å². The van der Waals surface area contributed by atoms with Crippen LogP contribution in [0.15, 0.2) is 71.4 Å². The van der Waals surface area contributed by atoms with E-state index in [1.165, 1.54) is 33.4 Å². The Morgan fingerprint density at radius 1 is 0.683 bits per heavy atom. The first-order valence-electron chi connectivity index (χ1n) is 16.1. The number of allylic oxidation sites excluding steroid dienone is 6. The second-order valence-corrected chi connectivity index (χ2v) is 16.1. The van der Waals surface area contributed by atoms with Gasteiger partial charge in [0.05, 0.1) is 0 Å². The highest BCUT2D eigenvalue weighted by molar-refractivity contribution is 6.60. The van der Waals surface area contributed by atoms with Gasteiger partial charge in [-0.05, 0) is 123 Å². The molecular formula is C36H59NO3Si-. The Labute approximate surface area is 253 Å². The molecule has 0 radical (unpaired) electrons. The maximum absolute atomic E-state index is 6.88. The van der Waals surface area contributed by atoms with Crippen LogP contribution in [0.3, 0.4) is 0 Å². The normalized spacial score (nSPS) is 24.7. The predicted molar refractivity (Wildman–Crippen MR) is 177 cm³/mol. The highest BCUT2D eigenvalue weighted by Crippen LogP contribution is 2.33. The summed E-state index contributed by atoms with van der Waals surface area (Å²) in [6.45, 7) is 22.0. The molecule has 41 heavy (non-hydrogen) atoms. The number of hydrogen-bond donors (Lipinski definition) is 0. The first-order chi connectivity index (χ1) is 19.6. The zero-order chi connectivity index (χ0) is 29.8. The molecule has 3 rings (SSSR count). The summed E-state index contributed by atoms with van der Waals surface area (Å²) in [5, 5.41) is 0. The Morgan fingerprint density at radius 2 is 1.05 bits per heavy atom. The molecule has 0 spiro atoms. The van der Waals surface area contributed by atoms with E-state index in [1.54, 1.807) is 0 Å². The molecule has 4 nitrogen and oxygen atoms in total. The highest BCUT2D eigenvalue weighted by Gasteiger charge is 2.29. The van der Waals surface area contributed by atoms with Crippen LogP contribution in [0, 0.1) is 17.8 Å². The van der Waals surface area contributed by atoms with Gasteiger partial charge in [-0.2, -0.15) is 0 Å². The predicted octanol–water partition coefficient (Wildman–Crippen LogP) is 9.22. The summed E-state index contributed by atoms with van der Waals surface area (Å²) in [4.78, 5) is 2.26. The smallest absolute Gasteiger partial charge is 0.281 e. The first kappa shape index (κ1) is 34.0. The minimum absolute atomic E-state index is 0.599. The molecule has 3 atom stereocenters. The third-order valence-electron chi connectivity index (χ3n) is 9.38. The second-order valence-electron chi connectivity index (χ2n) is 13.3. The molecule has 0 bridgehead atoms. The second kappa shape index (κ2) is 17.0. The molecule has 0 aromatic carbocycles. The standard InChI is InChI=1S/C36H59NO3Si/c1-28(2)34-17-11-31(12-18-34)25-38-41(24-10-9-23-37(7)8,39-26-32-13-19-35(20-14-32)29(3)4)40-27-33-15-21-36(22-16-33)30(5)6/h11,13,15,34-36H,1,3,5,9-10,12,14,16-27H2,2,4,6-8H3/q-1. The third kappa shape index (κ3) is 11.6. The molecule has 0 fully saturated rings. The van der Waals surface area contributed by atoms with Gasteiger partial charge in [-0.1, -0.05) is 83.9 Å². The molecule has 0 saturated heterocycles. The molecule has 3 unspecified atom stereocenters. The number of hydrogen-bond acceptors (Lipinski definition) is 4. The fourth-order valence-electron chi connectivity index (χ4n) is 6.12. The van der Waals surface area contributed by atoms with Gasteiger partial charge >= 0.3 is 0 Å². The molecule has 3 aliphatic rings. The van der Waals surface area contributed by atoms with Crippen LogP contribution in [-0.4, -0.2) is 54.2 Å². The van der Waals surface area contributed by atoms with Crippen LogP contribution in [0.5, 0.6) is 0 Å². The summed E-state index contributed by atoms with van der Waals surface area (Å²) in [5.74, 6) is 1.80. The Balaban J connectivity index is 1.74. The van der Waals surface area contributed by atoms with Crippen molar-refractivity contribution >= 4 is 8.80 Å². The summed E-state index contributed by atoms with van der Waals surface area (Å²) in [6.07, 6.45) is 19.2. The maximum atomic E-state index is 6.88. The molecule has 0 aliphatic heterocycles. The average molecular weight is 582 g/mol. The van der Waals surface area contributed by atoms with Gasteiger partial charge in [0.1, 0.15) is 0 Å². The average Bonchev–Trinajstić information content (AvgIpc) is 2.96. The fourth-order valence-corrected chi connectivity index (χ4v) is 8.70. The topological polar surface area (TPSA) is 30.9 Å². The Hall–Kier alpha value is -1.50. The van der Waals surface area contributed by atoms with Crippen LogP contribution in [0.1, 0.15) is 91.4 Å². The van der Waals surface area contributed by atoms with Crippen molar-refractivity contribution in [3.63, 3.8) is 0 Å². The molecular weight excluding hydrogens is 522 g/mol. The summed E-state index contributed by atoms with van der Waals surface area (Å²) >= 11 is 0. The first-order valence-corrected chi connectivity index (χ1v) is 18.1. The summed E-state index contributed by atoms with van der Waals surface area (Å²) in [7, 11) is 1.36. The third-order valence-corrected chi connectivity index (χ3v) is 12.1. The van der Waals surface area contributed by atoms with Crippen molar-refractivity contribution in [1.82, 2.24) is 4.90 Å². The van der Waals surface area contributed by atoms with E-state index in [1.807, 2.05) is 0 Å². The lowest BCUT2D eigenvalue weighted by atomic mass is 9.86. The minimum atomic E-state index is -2.93. The lowest BCUT2D eigenvalue weighted by Gasteiger charge is -2.45. The number of nitrogens with zero attached hydrogens (tertiary/aromatic N) is 1. The molecule has 0 heterocycles. The van der Waals surface area contributed by atoms with Crippen LogP contribution in [0.2, 0.25) is 6.04 Å².